The summed E-state index contributed by atoms with van der Waals surface area (Å²) in [5, 5.41) is 8.97. The van der Waals surface area contributed by atoms with Crippen molar-refractivity contribution in [3.05, 3.63) is 28.0 Å². The van der Waals surface area contributed by atoms with Gasteiger partial charge >= 0.3 is 5.97 Å². The molecule has 1 aromatic carbocycles. The van der Waals surface area contributed by atoms with E-state index in [-0.39, 0.29) is 16.1 Å². The number of carboxylic acids is 1. The van der Waals surface area contributed by atoms with Gasteiger partial charge in [0.05, 0.1) is 15.7 Å². The molecule has 0 amide bonds. The number of nitrogens with zero attached hydrogens (tertiary/aromatic N) is 1. The number of anilines is 1. The smallest absolute Gasteiger partial charge is 0.336 e. The van der Waals surface area contributed by atoms with Crippen molar-refractivity contribution in [3.8, 4) is 0 Å². The summed E-state index contributed by atoms with van der Waals surface area (Å²) >= 11 is 3.05. The number of hydrogen-bond acceptors (Lipinski definition) is 2. The lowest BCUT2D eigenvalue weighted by molar-refractivity contribution is 0.0695. The van der Waals surface area contributed by atoms with Gasteiger partial charge < -0.3 is 10.0 Å². The second-order valence-corrected chi connectivity index (χ2v) is 6.05. The lowest BCUT2D eigenvalue weighted by atomic mass is 10.1. The second kappa shape index (κ2) is 5.49. The molecule has 0 unspecified atom stereocenters. The maximum absolute atomic E-state index is 14.4. The van der Waals surface area contributed by atoms with E-state index in [2.05, 4.69) is 15.9 Å². The standard InChI is InChI=1S/C14H17BrFNO2/c1-8(2)17(7-9-3-4-9)11-6-5-10(14(18)19)12(15)13(11)16/h5-6,8-9H,3-4,7H2,1-2H3,(H,18,19). The van der Waals surface area contributed by atoms with E-state index >= 15 is 0 Å². The van der Waals surface area contributed by atoms with Crippen LogP contribution < -0.4 is 4.90 Å². The van der Waals surface area contributed by atoms with Gasteiger partial charge in [0.15, 0.2) is 5.82 Å². The van der Waals surface area contributed by atoms with Crippen LogP contribution in [0.25, 0.3) is 0 Å². The van der Waals surface area contributed by atoms with Gasteiger partial charge in [0.25, 0.3) is 0 Å². The van der Waals surface area contributed by atoms with Crippen LogP contribution in [0.5, 0.6) is 0 Å². The van der Waals surface area contributed by atoms with Crippen LogP contribution in [0.3, 0.4) is 0 Å². The molecule has 19 heavy (non-hydrogen) atoms. The lowest BCUT2D eigenvalue weighted by Crippen LogP contribution is -2.33. The molecule has 104 valence electrons. The SMILES string of the molecule is CC(C)N(CC1CC1)c1ccc(C(=O)O)c(Br)c1F. The molecule has 0 radical (unpaired) electrons. The fourth-order valence-corrected chi connectivity index (χ4v) is 2.60. The molecule has 1 aliphatic carbocycles. The van der Waals surface area contributed by atoms with Gasteiger partial charge in [-0.2, -0.15) is 0 Å². The maximum Gasteiger partial charge on any atom is 0.336 e. The minimum Gasteiger partial charge on any atom is -0.478 e. The highest BCUT2D eigenvalue weighted by Gasteiger charge is 2.28. The first-order valence-electron chi connectivity index (χ1n) is 6.39. The van der Waals surface area contributed by atoms with Crippen molar-refractivity contribution in [2.75, 3.05) is 11.4 Å². The molecular formula is C14H17BrFNO2. The molecular weight excluding hydrogens is 313 g/mol. The topological polar surface area (TPSA) is 40.5 Å². The highest BCUT2D eigenvalue weighted by atomic mass is 79.9. The van der Waals surface area contributed by atoms with E-state index in [0.29, 0.717) is 11.6 Å². The molecule has 1 fully saturated rings. The van der Waals surface area contributed by atoms with Crippen LogP contribution in [-0.2, 0) is 0 Å². The van der Waals surface area contributed by atoms with E-state index in [1.54, 1.807) is 6.07 Å². The number of carbonyl (C=O) groups is 1. The lowest BCUT2D eigenvalue weighted by Gasteiger charge is -2.30. The molecule has 0 bridgehead atoms. The van der Waals surface area contributed by atoms with E-state index in [9.17, 15) is 9.18 Å². The molecule has 0 atom stereocenters. The Morgan fingerprint density at radius 2 is 2.16 bits per heavy atom. The quantitative estimate of drug-likeness (QED) is 0.890. The zero-order chi connectivity index (χ0) is 14.2. The Bertz CT molecular complexity index is 500. The van der Waals surface area contributed by atoms with E-state index in [1.165, 1.54) is 18.9 Å². The molecule has 1 aromatic rings. The molecule has 5 heteroatoms. The third-order valence-corrected chi connectivity index (χ3v) is 4.15. The fraction of sp³-hybridized carbons (Fsp3) is 0.500. The van der Waals surface area contributed by atoms with Crippen LogP contribution in [0.15, 0.2) is 16.6 Å². The normalized spacial score (nSPS) is 14.8. The Morgan fingerprint density at radius 1 is 1.53 bits per heavy atom. The van der Waals surface area contributed by atoms with E-state index in [0.717, 1.165) is 6.54 Å². The Labute approximate surface area is 120 Å². The van der Waals surface area contributed by atoms with Crippen LogP contribution >= 0.6 is 15.9 Å². The summed E-state index contributed by atoms with van der Waals surface area (Å²) in [7, 11) is 0. The molecule has 1 N–H and O–H groups in total. The van der Waals surface area contributed by atoms with Crippen molar-refractivity contribution in [2.45, 2.75) is 32.7 Å². The molecule has 1 aliphatic rings. The number of hydrogen-bond donors (Lipinski definition) is 1. The number of carboxylic acid groups (broad SMARTS) is 1. The minimum absolute atomic E-state index is 0.0268. The molecule has 0 spiro atoms. The zero-order valence-corrected chi connectivity index (χ0v) is 12.6. The average Bonchev–Trinajstić information content (AvgIpc) is 3.13. The van der Waals surface area contributed by atoms with Crippen LogP contribution in [0.1, 0.15) is 37.0 Å². The first kappa shape index (κ1) is 14.3. The number of rotatable bonds is 5. The monoisotopic (exact) mass is 329 g/mol. The van der Waals surface area contributed by atoms with Crippen molar-refractivity contribution in [1.82, 2.24) is 0 Å². The van der Waals surface area contributed by atoms with Gasteiger partial charge in [-0.3, -0.25) is 0 Å². The van der Waals surface area contributed by atoms with Gasteiger partial charge in [-0.15, -0.1) is 0 Å². The average molecular weight is 330 g/mol. The van der Waals surface area contributed by atoms with Crippen LogP contribution in [0.2, 0.25) is 0 Å². The number of halogens is 2. The van der Waals surface area contributed by atoms with Crippen molar-refractivity contribution < 1.29 is 14.3 Å². The van der Waals surface area contributed by atoms with Gasteiger partial charge in [-0.25, -0.2) is 9.18 Å². The highest BCUT2D eigenvalue weighted by Crippen LogP contribution is 2.35. The van der Waals surface area contributed by atoms with Gasteiger partial charge in [0.2, 0.25) is 0 Å². The highest BCUT2D eigenvalue weighted by molar-refractivity contribution is 9.10. The Kier molecular flexibility index (Phi) is 4.13. The van der Waals surface area contributed by atoms with Crippen LogP contribution in [-0.4, -0.2) is 23.7 Å². The van der Waals surface area contributed by atoms with Crippen LogP contribution in [0.4, 0.5) is 10.1 Å². The van der Waals surface area contributed by atoms with E-state index in [4.69, 9.17) is 5.11 Å². The Morgan fingerprint density at radius 3 is 2.63 bits per heavy atom. The largest absolute Gasteiger partial charge is 0.478 e. The number of aromatic carboxylic acids is 1. The molecule has 0 saturated heterocycles. The molecule has 0 aromatic heterocycles. The van der Waals surface area contributed by atoms with Gasteiger partial charge in [-0.05, 0) is 60.7 Å². The van der Waals surface area contributed by atoms with Crippen molar-refractivity contribution in [1.29, 1.82) is 0 Å². The van der Waals surface area contributed by atoms with Gasteiger partial charge in [0, 0.05) is 12.6 Å². The molecule has 3 nitrogen and oxygen atoms in total. The van der Waals surface area contributed by atoms with E-state index in [1.807, 2.05) is 18.7 Å². The molecule has 2 rings (SSSR count). The summed E-state index contributed by atoms with van der Waals surface area (Å²) in [6.07, 6.45) is 2.39. The summed E-state index contributed by atoms with van der Waals surface area (Å²) in [5.74, 6) is -0.982. The van der Waals surface area contributed by atoms with Crippen molar-refractivity contribution in [3.63, 3.8) is 0 Å². The molecule has 1 saturated carbocycles. The molecule has 0 aliphatic heterocycles. The van der Waals surface area contributed by atoms with Gasteiger partial charge in [0.1, 0.15) is 0 Å². The number of benzene rings is 1. The summed E-state index contributed by atoms with van der Waals surface area (Å²) in [4.78, 5) is 13.0. The predicted molar refractivity (Wildman–Crippen MR) is 76.3 cm³/mol. The summed E-state index contributed by atoms with van der Waals surface area (Å²) < 4.78 is 14.4. The third-order valence-electron chi connectivity index (χ3n) is 3.38. The van der Waals surface area contributed by atoms with E-state index < -0.39 is 11.8 Å². The van der Waals surface area contributed by atoms with Crippen molar-refractivity contribution in [2.24, 2.45) is 5.92 Å². The first-order valence-corrected chi connectivity index (χ1v) is 7.19. The Hall–Kier alpha value is -1.10. The van der Waals surface area contributed by atoms with Crippen LogP contribution in [0, 0.1) is 11.7 Å². The summed E-state index contributed by atoms with van der Waals surface area (Å²) in [6, 6.07) is 3.19. The summed E-state index contributed by atoms with van der Waals surface area (Å²) in [6.45, 7) is 4.86. The minimum atomic E-state index is -1.13. The fourth-order valence-electron chi connectivity index (χ4n) is 2.09. The first-order chi connectivity index (χ1) is 8.91. The predicted octanol–water partition coefficient (Wildman–Crippen LogP) is 3.91. The maximum atomic E-state index is 14.4. The van der Waals surface area contributed by atoms with Crippen molar-refractivity contribution >= 4 is 27.6 Å². The van der Waals surface area contributed by atoms with Gasteiger partial charge in [-0.1, -0.05) is 0 Å². The summed E-state index contributed by atoms with van der Waals surface area (Å²) in [5.41, 5.74) is 0.426. The zero-order valence-electron chi connectivity index (χ0n) is 11.0. The third kappa shape index (κ3) is 3.08. The Balaban J connectivity index is 2.36. The molecule has 0 heterocycles. The second-order valence-electron chi connectivity index (χ2n) is 5.25.